The lowest BCUT2D eigenvalue weighted by atomic mass is 10.2. The normalized spacial score (nSPS) is 10.1. The van der Waals surface area contributed by atoms with Crippen LogP contribution in [-0.4, -0.2) is 39.2 Å². The number of ether oxygens (including phenoxy) is 3. The van der Waals surface area contributed by atoms with Gasteiger partial charge >= 0.3 is 5.97 Å². The lowest BCUT2D eigenvalue weighted by molar-refractivity contribution is -0.123. The number of benzene rings is 1. The quantitative estimate of drug-likeness (QED) is 0.774. The summed E-state index contributed by atoms with van der Waals surface area (Å²) in [7, 11) is 2.97. The van der Waals surface area contributed by atoms with Gasteiger partial charge in [-0.1, -0.05) is 13.8 Å². The van der Waals surface area contributed by atoms with Crippen LogP contribution in [0.5, 0.6) is 11.5 Å². The van der Waals surface area contributed by atoms with E-state index in [0.717, 1.165) is 0 Å². The molecule has 0 saturated carbocycles. The summed E-state index contributed by atoms with van der Waals surface area (Å²) in [5.74, 6) is 0.436. The molecule has 1 amide bonds. The van der Waals surface area contributed by atoms with Gasteiger partial charge in [-0.05, 0) is 24.1 Å². The lowest BCUT2D eigenvalue weighted by Gasteiger charge is -2.13. The van der Waals surface area contributed by atoms with Crippen molar-refractivity contribution in [2.75, 3.05) is 27.4 Å². The number of nitrogens with one attached hydrogen (secondary N) is 1. The third kappa shape index (κ3) is 5.33. The van der Waals surface area contributed by atoms with Crippen molar-refractivity contribution >= 4 is 11.9 Å². The molecule has 1 aromatic carbocycles. The van der Waals surface area contributed by atoms with Crippen molar-refractivity contribution in [2.45, 2.75) is 13.8 Å². The number of carbonyl (C=O) groups is 2. The Labute approximate surface area is 124 Å². The molecule has 0 spiro atoms. The highest BCUT2D eigenvalue weighted by Crippen LogP contribution is 2.28. The Morgan fingerprint density at radius 1 is 1.24 bits per heavy atom. The molecule has 0 radical (unpaired) electrons. The van der Waals surface area contributed by atoms with Crippen LogP contribution in [0.3, 0.4) is 0 Å². The van der Waals surface area contributed by atoms with Gasteiger partial charge in [-0.3, -0.25) is 4.79 Å². The maximum Gasteiger partial charge on any atom is 0.338 e. The molecule has 0 atom stereocenters. The Balaban J connectivity index is 2.76. The summed E-state index contributed by atoms with van der Waals surface area (Å²) < 4.78 is 15.7. The number of carbonyl (C=O) groups excluding carboxylic acids is 2. The Kier molecular flexibility index (Phi) is 6.52. The first-order chi connectivity index (χ1) is 9.97. The van der Waals surface area contributed by atoms with E-state index in [9.17, 15) is 9.59 Å². The number of hydrogen-bond acceptors (Lipinski definition) is 5. The van der Waals surface area contributed by atoms with E-state index in [-0.39, 0.29) is 12.5 Å². The number of rotatable bonds is 7. The zero-order chi connectivity index (χ0) is 15.8. The van der Waals surface area contributed by atoms with Crippen molar-refractivity contribution < 1.29 is 23.8 Å². The second-order valence-corrected chi connectivity index (χ2v) is 4.82. The fourth-order valence-electron chi connectivity index (χ4n) is 1.46. The third-order valence-corrected chi connectivity index (χ3v) is 2.58. The van der Waals surface area contributed by atoms with Crippen LogP contribution in [0.2, 0.25) is 0 Å². The van der Waals surface area contributed by atoms with Crippen LogP contribution in [0.15, 0.2) is 18.2 Å². The van der Waals surface area contributed by atoms with Gasteiger partial charge in [0.05, 0.1) is 19.3 Å². The first-order valence-electron chi connectivity index (χ1n) is 6.66. The first kappa shape index (κ1) is 16.8. The van der Waals surface area contributed by atoms with Crippen LogP contribution >= 0.6 is 0 Å². The minimum Gasteiger partial charge on any atom is -0.493 e. The second kappa shape index (κ2) is 8.14. The summed E-state index contributed by atoms with van der Waals surface area (Å²) in [6.07, 6.45) is 0. The molecule has 0 saturated heterocycles. The van der Waals surface area contributed by atoms with Crippen LogP contribution < -0.4 is 14.8 Å². The SMILES string of the molecule is CNC(=O)COC(=O)c1ccc(OCC(C)C)c(OC)c1. The highest BCUT2D eigenvalue weighted by atomic mass is 16.5. The molecule has 116 valence electrons. The Morgan fingerprint density at radius 3 is 2.52 bits per heavy atom. The maximum atomic E-state index is 11.8. The van der Waals surface area contributed by atoms with E-state index in [1.165, 1.54) is 20.2 Å². The second-order valence-electron chi connectivity index (χ2n) is 4.82. The van der Waals surface area contributed by atoms with E-state index >= 15 is 0 Å². The van der Waals surface area contributed by atoms with Crippen molar-refractivity contribution in [3.05, 3.63) is 23.8 Å². The van der Waals surface area contributed by atoms with Gasteiger partial charge in [-0.2, -0.15) is 0 Å². The van der Waals surface area contributed by atoms with Gasteiger partial charge in [-0.15, -0.1) is 0 Å². The molecule has 0 unspecified atom stereocenters. The van der Waals surface area contributed by atoms with E-state index in [1.807, 2.05) is 13.8 Å². The summed E-state index contributed by atoms with van der Waals surface area (Å²) in [4.78, 5) is 22.9. The van der Waals surface area contributed by atoms with Crippen LogP contribution in [0.4, 0.5) is 0 Å². The van der Waals surface area contributed by atoms with E-state index in [2.05, 4.69) is 5.32 Å². The molecule has 1 aromatic rings. The van der Waals surface area contributed by atoms with E-state index < -0.39 is 5.97 Å². The molecule has 1 rings (SSSR count). The largest absolute Gasteiger partial charge is 0.493 e. The summed E-state index contributed by atoms with van der Waals surface area (Å²) >= 11 is 0. The zero-order valence-corrected chi connectivity index (χ0v) is 12.8. The Hall–Kier alpha value is -2.24. The molecule has 6 nitrogen and oxygen atoms in total. The number of esters is 1. The molecule has 1 N–H and O–H groups in total. The molecular formula is C15H21NO5. The van der Waals surface area contributed by atoms with Crippen LogP contribution in [-0.2, 0) is 9.53 Å². The van der Waals surface area contributed by atoms with Crippen molar-refractivity contribution in [1.29, 1.82) is 0 Å². The molecule has 0 aliphatic carbocycles. The Morgan fingerprint density at radius 2 is 1.95 bits per heavy atom. The molecule has 21 heavy (non-hydrogen) atoms. The lowest BCUT2D eigenvalue weighted by Crippen LogP contribution is -2.25. The molecule has 6 heteroatoms. The molecule has 0 bridgehead atoms. The number of likely N-dealkylation sites (N-methyl/N-ethyl adjacent to an activating group) is 1. The van der Waals surface area contributed by atoms with Gasteiger partial charge in [0.25, 0.3) is 5.91 Å². The summed E-state index contributed by atoms with van der Waals surface area (Å²) in [5.41, 5.74) is 0.299. The molecule has 0 fully saturated rings. The van der Waals surface area contributed by atoms with Crippen molar-refractivity contribution in [3.63, 3.8) is 0 Å². The molecule has 0 heterocycles. The highest BCUT2D eigenvalue weighted by Gasteiger charge is 2.13. The zero-order valence-electron chi connectivity index (χ0n) is 12.8. The van der Waals surface area contributed by atoms with Gasteiger partial charge in [0, 0.05) is 7.05 Å². The molecule has 0 aliphatic heterocycles. The van der Waals surface area contributed by atoms with Crippen LogP contribution in [0.1, 0.15) is 24.2 Å². The van der Waals surface area contributed by atoms with Gasteiger partial charge in [0.15, 0.2) is 18.1 Å². The standard InChI is InChI=1S/C15H21NO5/c1-10(2)8-20-12-6-5-11(7-13(12)19-4)15(18)21-9-14(17)16-3/h5-7,10H,8-9H2,1-4H3,(H,16,17). The Bertz CT molecular complexity index is 499. The van der Waals surface area contributed by atoms with Gasteiger partial charge in [0.1, 0.15) is 0 Å². The minimum absolute atomic E-state index is 0.299. The van der Waals surface area contributed by atoms with Crippen LogP contribution in [0.25, 0.3) is 0 Å². The third-order valence-electron chi connectivity index (χ3n) is 2.58. The highest BCUT2D eigenvalue weighted by molar-refractivity contribution is 5.92. The van der Waals surface area contributed by atoms with Gasteiger partial charge in [0.2, 0.25) is 0 Å². The minimum atomic E-state index is -0.590. The molecular weight excluding hydrogens is 274 g/mol. The topological polar surface area (TPSA) is 73.9 Å². The fourth-order valence-corrected chi connectivity index (χ4v) is 1.46. The first-order valence-corrected chi connectivity index (χ1v) is 6.66. The average Bonchev–Trinajstić information content (AvgIpc) is 2.49. The number of methoxy groups -OCH3 is 1. The van der Waals surface area contributed by atoms with Crippen molar-refractivity contribution in [2.24, 2.45) is 5.92 Å². The van der Waals surface area contributed by atoms with Crippen LogP contribution in [0, 0.1) is 5.92 Å². The summed E-state index contributed by atoms with van der Waals surface area (Å²) in [6.45, 7) is 4.31. The van der Waals surface area contributed by atoms with Crippen molar-refractivity contribution in [3.8, 4) is 11.5 Å². The van der Waals surface area contributed by atoms with E-state index in [1.54, 1.807) is 12.1 Å². The number of hydrogen-bond donors (Lipinski definition) is 1. The van der Waals surface area contributed by atoms with E-state index in [4.69, 9.17) is 14.2 Å². The van der Waals surface area contributed by atoms with Crippen molar-refractivity contribution in [1.82, 2.24) is 5.32 Å². The van der Waals surface area contributed by atoms with E-state index in [0.29, 0.717) is 29.6 Å². The maximum absolute atomic E-state index is 11.8. The average molecular weight is 295 g/mol. The van der Waals surface area contributed by atoms with Gasteiger partial charge < -0.3 is 19.5 Å². The monoisotopic (exact) mass is 295 g/mol. The fraction of sp³-hybridized carbons (Fsp3) is 0.467. The molecule has 0 aliphatic rings. The summed E-state index contributed by atoms with van der Waals surface area (Å²) in [5, 5.41) is 2.37. The predicted molar refractivity (Wildman–Crippen MR) is 77.7 cm³/mol. The number of amides is 1. The summed E-state index contributed by atoms with van der Waals surface area (Å²) in [6, 6.07) is 4.75. The molecule has 0 aromatic heterocycles. The predicted octanol–water partition coefficient (Wildman–Crippen LogP) is 1.63. The van der Waals surface area contributed by atoms with Gasteiger partial charge in [-0.25, -0.2) is 4.79 Å². The smallest absolute Gasteiger partial charge is 0.338 e.